The van der Waals surface area contributed by atoms with E-state index in [1.54, 1.807) is 25.7 Å². The van der Waals surface area contributed by atoms with Crippen LogP contribution in [0.15, 0.2) is 24.3 Å². The van der Waals surface area contributed by atoms with E-state index >= 15 is 0 Å². The molecule has 1 rings (SSSR count). The molecule has 37 heavy (non-hydrogen) atoms. The SMILES string of the molecule is CCCCCCCCN(C(=O)C(CS)NC(=O)OC(C)(C)C)C(C(=O)NCCCC)c1ccc(C)cc1. The van der Waals surface area contributed by atoms with Gasteiger partial charge in [0.1, 0.15) is 17.7 Å². The third-order valence-electron chi connectivity index (χ3n) is 5.99. The summed E-state index contributed by atoms with van der Waals surface area (Å²) >= 11 is 4.36. The first-order chi connectivity index (χ1) is 17.5. The number of hydrogen-bond donors (Lipinski definition) is 3. The van der Waals surface area contributed by atoms with Gasteiger partial charge in [0.15, 0.2) is 0 Å². The van der Waals surface area contributed by atoms with Crippen molar-refractivity contribution in [2.45, 2.75) is 111 Å². The number of ether oxygens (including phenoxy) is 1. The molecule has 1 aromatic rings. The Morgan fingerprint density at radius 1 is 0.946 bits per heavy atom. The van der Waals surface area contributed by atoms with E-state index in [0.717, 1.165) is 56.1 Å². The number of nitrogens with zero attached hydrogens (tertiary/aromatic N) is 1. The van der Waals surface area contributed by atoms with E-state index < -0.39 is 23.8 Å². The molecule has 7 nitrogen and oxygen atoms in total. The maximum atomic E-state index is 13.9. The Bertz CT molecular complexity index is 823. The lowest BCUT2D eigenvalue weighted by Gasteiger charge is -2.34. The van der Waals surface area contributed by atoms with Crippen LogP contribution in [-0.2, 0) is 14.3 Å². The monoisotopic (exact) mass is 535 g/mol. The van der Waals surface area contributed by atoms with Crippen molar-refractivity contribution in [2.24, 2.45) is 0 Å². The summed E-state index contributed by atoms with van der Waals surface area (Å²) in [7, 11) is 0. The minimum Gasteiger partial charge on any atom is -0.444 e. The summed E-state index contributed by atoms with van der Waals surface area (Å²) in [6.45, 7) is 12.5. The highest BCUT2D eigenvalue weighted by atomic mass is 32.1. The Morgan fingerprint density at radius 2 is 1.54 bits per heavy atom. The number of aryl methyl sites for hydroxylation is 1. The number of rotatable bonds is 16. The van der Waals surface area contributed by atoms with Crippen LogP contribution in [0, 0.1) is 6.92 Å². The zero-order chi connectivity index (χ0) is 27.8. The Balaban J connectivity index is 3.27. The molecule has 2 N–H and O–H groups in total. The number of carbonyl (C=O) groups is 3. The van der Waals surface area contributed by atoms with Gasteiger partial charge >= 0.3 is 6.09 Å². The first-order valence-electron chi connectivity index (χ1n) is 13.8. The van der Waals surface area contributed by atoms with Crippen molar-refractivity contribution in [1.29, 1.82) is 0 Å². The Morgan fingerprint density at radius 3 is 2.11 bits per heavy atom. The number of amides is 3. The van der Waals surface area contributed by atoms with Gasteiger partial charge in [0.2, 0.25) is 11.8 Å². The molecule has 2 unspecified atom stereocenters. The van der Waals surface area contributed by atoms with Gasteiger partial charge in [-0.05, 0) is 46.1 Å². The van der Waals surface area contributed by atoms with Crippen molar-refractivity contribution in [2.75, 3.05) is 18.8 Å². The van der Waals surface area contributed by atoms with Crippen molar-refractivity contribution >= 4 is 30.5 Å². The normalized spacial score (nSPS) is 12.9. The molecule has 0 aliphatic heterocycles. The molecule has 0 fully saturated rings. The van der Waals surface area contributed by atoms with Crippen LogP contribution in [0.2, 0.25) is 0 Å². The molecule has 210 valence electrons. The van der Waals surface area contributed by atoms with Gasteiger partial charge in [-0.15, -0.1) is 0 Å². The maximum absolute atomic E-state index is 13.9. The number of nitrogens with one attached hydrogen (secondary N) is 2. The summed E-state index contributed by atoms with van der Waals surface area (Å²) in [6.07, 6.45) is 7.46. The van der Waals surface area contributed by atoms with Gasteiger partial charge in [0.25, 0.3) is 0 Å². The number of carbonyl (C=O) groups excluding carboxylic acids is 3. The quantitative estimate of drug-likeness (QED) is 0.180. The third-order valence-corrected chi connectivity index (χ3v) is 6.36. The van der Waals surface area contributed by atoms with Crippen LogP contribution >= 0.6 is 12.6 Å². The van der Waals surface area contributed by atoms with Crippen LogP contribution in [-0.4, -0.2) is 53.3 Å². The van der Waals surface area contributed by atoms with Crippen LogP contribution in [0.1, 0.15) is 103 Å². The van der Waals surface area contributed by atoms with E-state index in [0.29, 0.717) is 13.1 Å². The number of unbranched alkanes of at least 4 members (excludes halogenated alkanes) is 6. The molecule has 2 atom stereocenters. The zero-order valence-electron chi connectivity index (χ0n) is 23.8. The second kappa shape index (κ2) is 17.3. The van der Waals surface area contributed by atoms with E-state index in [1.165, 1.54) is 6.42 Å². The predicted octanol–water partition coefficient (Wildman–Crippen LogP) is 5.96. The first kappa shape index (κ1) is 32.8. The topological polar surface area (TPSA) is 87.7 Å². The highest BCUT2D eigenvalue weighted by molar-refractivity contribution is 7.80. The fraction of sp³-hybridized carbons (Fsp3) is 0.690. The summed E-state index contributed by atoms with van der Waals surface area (Å²) in [6, 6.07) is 5.97. The Labute approximate surface area is 229 Å². The lowest BCUT2D eigenvalue weighted by Crippen LogP contribution is -2.54. The Hall–Kier alpha value is -2.22. The molecule has 0 spiro atoms. The van der Waals surface area contributed by atoms with Crippen LogP contribution in [0.5, 0.6) is 0 Å². The largest absolute Gasteiger partial charge is 0.444 e. The van der Waals surface area contributed by atoms with Gasteiger partial charge in [-0.2, -0.15) is 12.6 Å². The standard InChI is InChI=1S/C29H49N3O4S/c1-7-9-11-12-13-14-20-32(27(34)24(21-37)31-28(35)36-29(4,5)6)25(26(33)30-19-10-8-2)23-17-15-22(3)16-18-23/h15-18,24-25,37H,7-14,19-21H2,1-6H3,(H,30,33)(H,31,35). The molecule has 0 aromatic heterocycles. The fourth-order valence-electron chi connectivity index (χ4n) is 3.97. The lowest BCUT2D eigenvalue weighted by atomic mass is 10.0. The molecule has 0 saturated carbocycles. The van der Waals surface area contributed by atoms with E-state index in [9.17, 15) is 14.4 Å². The average molecular weight is 536 g/mol. The number of hydrogen-bond acceptors (Lipinski definition) is 5. The van der Waals surface area contributed by atoms with E-state index in [-0.39, 0.29) is 17.6 Å². The van der Waals surface area contributed by atoms with Crippen molar-refractivity contribution in [1.82, 2.24) is 15.5 Å². The molecule has 3 amide bonds. The minimum atomic E-state index is -0.922. The third kappa shape index (κ3) is 12.7. The number of thiol groups is 1. The van der Waals surface area contributed by atoms with Gasteiger partial charge in [-0.1, -0.05) is 82.2 Å². The van der Waals surface area contributed by atoms with Crippen molar-refractivity contribution < 1.29 is 19.1 Å². The zero-order valence-corrected chi connectivity index (χ0v) is 24.7. The van der Waals surface area contributed by atoms with Gasteiger partial charge in [0.05, 0.1) is 0 Å². The second-order valence-electron chi connectivity index (χ2n) is 10.6. The average Bonchev–Trinajstić information content (AvgIpc) is 2.83. The number of benzene rings is 1. The van der Waals surface area contributed by atoms with Crippen LogP contribution in [0.3, 0.4) is 0 Å². The van der Waals surface area contributed by atoms with Gasteiger partial charge in [-0.25, -0.2) is 4.79 Å². The molecule has 0 bridgehead atoms. The smallest absolute Gasteiger partial charge is 0.408 e. The highest BCUT2D eigenvalue weighted by Gasteiger charge is 2.35. The predicted molar refractivity (Wildman–Crippen MR) is 154 cm³/mol. The summed E-state index contributed by atoms with van der Waals surface area (Å²) in [4.78, 5) is 41.5. The minimum absolute atomic E-state index is 0.0865. The fourth-order valence-corrected chi connectivity index (χ4v) is 4.22. The molecule has 0 aliphatic carbocycles. The van der Waals surface area contributed by atoms with Gasteiger partial charge in [-0.3, -0.25) is 9.59 Å². The van der Waals surface area contributed by atoms with Gasteiger partial charge < -0.3 is 20.3 Å². The van der Waals surface area contributed by atoms with E-state index in [4.69, 9.17) is 4.74 Å². The molecular weight excluding hydrogens is 486 g/mol. The number of alkyl carbamates (subject to hydrolysis) is 1. The van der Waals surface area contributed by atoms with Crippen molar-refractivity contribution in [3.05, 3.63) is 35.4 Å². The van der Waals surface area contributed by atoms with Crippen molar-refractivity contribution in [3.8, 4) is 0 Å². The summed E-state index contributed by atoms with van der Waals surface area (Å²) in [5.41, 5.74) is 1.12. The summed E-state index contributed by atoms with van der Waals surface area (Å²) < 4.78 is 5.37. The molecule has 0 aliphatic rings. The Kier molecular flexibility index (Phi) is 15.4. The van der Waals surface area contributed by atoms with Crippen LogP contribution < -0.4 is 10.6 Å². The lowest BCUT2D eigenvalue weighted by molar-refractivity contribution is -0.142. The van der Waals surface area contributed by atoms with E-state index in [1.807, 2.05) is 31.2 Å². The van der Waals surface area contributed by atoms with Crippen molar-refractivity contribution in [3.63, 3.8) is 0 Å². The second-order valence-corrected chi connectivity index (χ2v) is 11.0. The molecule has 1 aromatic carbocycles. The molecular formula is C29H49N3O4S. The summed E-state index contributed by atoms with van der Waals surface area (Å²) in [5.74, 6) is -0.471. The van der Waals surface area contributed by atoms with Crippen LogP contribution in [0.25, 0.3) is 0 Å². The summed E-state index contributed by atoms with van der Waals surface area (Å²) in [5, 5.41) is 5.68. The highest BCUT2D eigenvalue weighted by Crippen LogP contribution is 2.24. The van der Waals surface area contributed by atoms with Gasteiger partial charge in [0, 0.05) is 18.8 Å². The van der Waals surface area contributed by atoms with E-state index in [2.05, 4.69) is 37.1 Å². The van der Waals surface area contributed by atoms with Crippen LogP contribution in [0.4, 0.5) is 4.79 Å². The first-order valence-corrected chi connectivity index (χ1v) is 14.4. The maximum Gasteiger partial charge on any atom is 0.408 e. The molecule has 8 heteroatoms. The molecule has 0 radical (unpaired) electrons. The molecule has 0 saturated heterocycles. The molecule has 0 heterocycles.